The summed E-state index contributed by atoms with van der Waals surface area (Å²) in [4.78, 5) is 31.6. The van der Waals surface area contributed by atoms with Crippen LogP contribution in [0.4, 0.5) is 5.69 Å². The average Bonchev–Trinajstić information content (AvgIpc) is 3.09. The van der Waals surface area contributed by atoms with Crippen molar-refractivity contribution in [3.05, 3.63) is 29.8 Å². The Bertz CT molecular complexity index is 555. The first-order valence-electron chi connectivity index (χ1n) is 6.91. The highest BCUT2D eigenvalue weighted by molar-refractivity contribution is 5.92. The number of hydroxylamine groups is 1. The maximum Gasteiger partial charge on any atom is 0.253 e. The Morgan fingerprint density at radius 1 is 1.20 bits per heavy atom. The van der Waals surface area contributed by atoms with Crippen LogP contribution < -0.4 is 5.06 Å². The van der Waals surface area contributed by atoms with E-state index in [4.69, 9.17) is 4.84 Å². The SMILES string of the molecule is O=C=NC1(c2ccc(N3OCCC3=O)cc2)CCCC1. The minimum atomic E-state index is -0.420. The van der Waals surface area contributed by atoms with Gasteiger partial charge in [0.05, 0.1) is 24.3 Å². The van der Waals surface area contributed by atoms with E-state index in [0.29, 0.717) is 13.0 Å². The first-order valence-corrected chi connectivity index (χ1v) is 6.91. The van der Waals surface area contributed by atoms with Gasteiger partial charge >= 0.3 is 0 Å². The quantitative estimate of drug-likeness (QED) is 0.627. The Morgan fingerprint density at radius 2 is 1.90 bits per heavy atom. The molecule has 1 saturated carbocycles. The molecule has 1 aromatic carbocycles. The molecule has 0 N–H and O–H groups in total. The first-order chi connectivity index (χ1) is 9.75. The highest BCUT2D eigenvalue weighted by atomic mass is 16.7. The summed E-state index contributed by atoms with van der Waals surface area (Å²) in [5.41, 5.74) is 1.31. The zero-order valence-corrected chi connectivity index (χ0v) is 11.2. The van der Waals surface area contributed by atoms with Gasteiger partial charge in [-0.05, 0) is 30.5 Å². The molecule has 20 heavy (non-hydrogen) atoms. The van der Waals surface area contributed by atoms with E-state index in [-0.39, 0.29) is 5.91 Å². The zero-order chi connectivity index (χ0) is 14.0. The Labute approximate surface area is 117 Å². The molecule has 104 valence electrons. The molecule has 0 bridgehead atoms. The summed E-state index contributed by atoms with van der Waals surface area (Å²) >= 11 is 0. The van der Waals surface area contributed by atoms with Crippen LogP contribution in [-0.4, -0.2) is 18.6 Å². The van der Waals surface area contributed by atoms with E-state index in [1.54, 1.807) is 6.08 Å². The molecule has 1 aliphatic heterocycles. The fourth-order valence-electron chi connectivity index (χ4n) is 3.04. The molecule has 0 radical (unpaired) electrons. The van der Waals surface area contributed by atoms with Gasteiger partial charge in [0, 0.05) is 0 Å². The molecule has 0 unspecified atom stereocenters. The summed E-state index contributed by atoms with van der Waals surface area (Å²) in [7, 11) is 0. The normalized spacial score (nSPS) is 21.0. The summed E-state index contributed by atoms with van der Waals surface area (Å²) in [5.74, 6) is -0.0285. The number of rotatable bonds is 3. The van der Waals surface area contributed by atoms with Gasteiger partial charge in [-0.3, -0.25) is 9.63 Å². The van der Waals surface area contributed by atoms with Gasteiger partial charge in [-0.25, -0.2) is 4.79 Å². The van der Waals surface area contributed by atoms with E-state index in [9.17, 15) is 9.59 Å². The molecule has 3 rings (SSSR count). The first kappa shape index (κ1) is 13.0. The average molecular weight is 272 g/mol. The predicted molar refractivity (Wildman–Crippen MR) is 72.8 cm³/mol. The Kier molecular flexibility index (Phi) is 3.38. The molecule has 1 heterocycles. The van der Waals surface area contributed by atoms with Crippen LogP contribution in [0.1, 0.15) is 37.7 Å². The number of aliphatic imine (C=N–C) groups is 1. The van der Waals surface area contributed by atoms with E-state index in [1.165, 1.54) is 5.06 Å². The van der Waals surface area contributed by atoms with Crippen molar-refractivity contribution in [3.63, 3.8) is 0 Å². The highest BCUT2D eigenvalue weighted by Gasteiger charge is 2.35. The molecule has 1 amide bonds. The second-order valence-electron chi connectivity index (χ2n) is 5.26. The van der Waals surface area contributed by atoms with E-state index >= 15 is 0 Å². The smallest absolute Gasteiger partial charge is 0.253 e. The maximum absolute atomic E-state index is 11.6. The lowest BCUT2D eigenvalue weighted by molar-refractivity contribution is -0.119. The van der Waals surface area contributed by atoms with Gasteiger partial charge in [0.25, 0.3) is 5.91 Å². The number of isocyanates is 1. The number of nitrogens with zero attached hydrogens (tertiary/aromatic N) is 2. The van der Waals surface area contributed by atoms with Crippen molar-refractivity contribution in [2.24, 2.45) is 4.99 Å². The van der Waals surface area contributed by atoms with Gasteiger partial charge in [0.1, 0.15) is 0 Å². The fraction of sp³-hybridized carbons (Fsp3) is 0.467. The van der Waals surface area contributed by atoms with Crippen LogP contribution in [0.25, 0.3) is 0 Å². The van der Waals surface area contributed by atoms with Gasteiger partial charge in [0.15, 0.2) is 0 Å². The van der Waals surface area contributed by atoms with E-state index in [1.807, 2.05) is 24.3 Å². The topological polar surface area (TPSA) is 59.0 Å². The molecule has 0 spiro atoms. The number of amides is 1. The number of hydrogen-bond acceptors (Lipinski definition) is 4. The maximum atomic E-state index is 11.6. The van der Waals surface area contributed by atoms with Crippen LogP contribution in [0.5, 0.6) is 0 Å². The third kappa shape index (κ3) is 2.15. The third-order valence-electron chi connectivity index (χ3n) is 4.09. The Balaban J connectivity index is 1.88. The molecule has 2 aliphatic rings. The molecular weight excluding hydrogens is 256 g/mol. The molecule has 5 nitrogen and oxygen atoms in total. The molecule has 5 heteroatoms. The Morgan fingerprint density at radius 3 is 2.45 bits per heavy atom. The lowest BCUT2D eigenvalue weighted by atomic mass is 9.89. The largest absolute Gasteiger partial charge is 0.272 e. The molecule has 1 aromatic rings. The number of carbonyl (C=O) groups is 1. The molecule has 2 fully saturated rings. The van der Waals surface area contributed by atoms with Crippen molar-refractivity contribution >= 4 is 17.7 Å². The summed E-state index contributed by atoms with van der Waals surface area (Å²) in [6.07, 6.45) is 6.02. The van der Waals surface area contributed by atoms with Crippen LogP contribution in [0.2, 0.25) is 0 Å². The monoisotopic (exact) mass is 272 g/mol. The summed E-state index contributed by atoms with van der Waals surface area (Å²) < 4.78 is 0. The van der Waals surface area contributed by atoms with Crippen LogP contribution >= 0.6 is 0 Å². The third-order valence-corrected chi connectivity index (χ3v) is 4.09. The van der Waals surface area contributed by atoms with Crippen molar-refractivity contribution in [2.75, 3.05) is 11.7 Å². The number of anilines is 1. The lowest BCUT2D eigenvalue weighted by Gasteiger charge is -2.23. The molecular formula is C15H16N2O3. The van der Waals surface area contributed by atoms with E-state index in [2.05, 4.69) is 4.99 Å². The second kappa shape index (κ2) is 5.19. The van der Waals surface area contributed by atoms with E-state index < -0.39 is 5.54 Å². The van der Waals surface area contributed by atoms with Crippen molar-refractivity contribution in [1.29, 1.82) is 0 Å². The molecule has 1 aliphatic carbocycles. The summed E-state index contributed by atoms with van der Waals surface area (Å²) in [5, 5.41) is 1.33. The molecule has 0 atom stereocenters. The van der Waals surface area contributed by atoms with Crippen molar-refractivity contribution in [2.45, 2.75) is 37.6 Å². The fourth-order valence-corrected chi connectivity index (χ4v) is 3.04. The minimum Gasteiger partial charge on any atom is -0.272 e. The van der Waals surface area contributed by atoms with Gasteiger partial charge in [0.2, 0.25) is 6.08 Å². The van der Waals surface area contributed by atoms with Crippen molar-refractivity contribution in [1.82, 2.24) is 0 Å². The van der Waals surface area contributed by atoms with Crippen LogP contribution in [0, 0.1) is 0 Å². The standard InChI is InChI=1S/C15H16N2O3/c18-11-16-15(8-1-2-9-15)12-3-5-13(6-4-12)17-14(19)7-10-20-17/h3-6H,1-2,7-10H2. The van der Waals surface area contributed by atoms with Crippen molar-refractivity contribution in [3.8, 4) is 0 Å². The van der Waals surface area contributed by atoms with Gasteiger partial charge < -0.3 is 0 Å². The lowest BCUT2D eigenvalue weighted by Crippen LogP contribution is -2.23. The summed E-state index contributed by atoms with van der Waals surface area (Å²) in [6, 6.07) is 7.55. The molecule has 0 aromatic heterocycles. The van der Waals surface area contributed by atoms with Gasteiger partial charge in [-0.1, -0.05) is 25.0 Å². The minimum absolute atomic E-state index is 0.0285. The van der Waals surface area contributed by atoms with Crippen LogP contribution in [0.15, 0.2) is 29.3 Å². The van der Waals surface area contributed by atoms with Gasteiger partial charge in [-0.2, -0.15) is 10.1 Å². The van der Waals surface area contributed by atoms with E-state index in [0.717, 1.165) is 36.9 Å². The summed E-state index contributed by atoms with van der Waals surface area (Å²) in [6.45, 7) is 0.431. The highest BCUT2D eigenvalue weighted by Crippen LogP contribution is 2.42. The zero-order valence-electron chi connectivity index (χ0n) is 11.2. The van der Waals surface area contributed by atoms with Crippen LogP contribution in [-0.2, 0) is 20.0 Å². The number of hydrogen-bond donors (Lipinski definition) is 0. The number of carbonyl (C=O) groups excluding carboxylic acids is 2. The predicted octanol–water partition coefficient (Wildman–Crippen LogP) is 2.46. The second-order valence-corrected chi connectivity index (χ2v) is 5.26. The number of benzene rings is 1. The molecule has 1 saturated heterocycles. The van der Waals surface area contributed by atoms with Gasteiger partial charge in [-0.15, -0.1) is 0 Å². The Hall–Kier alpha value is -1.97. The van der Waals surface area contributed by atoms with Crippen molar-refractivity contribution < 1.29 is 14.4 Å². The van der Waals surface area contributed by atoms with Crippen LogP contribution in [0.3, 0.4) is 0 Å².